The lowest BCUT2D eigenvalue weighted by Gasteiger charge is -2.47. The van der Waals surface area contributed by atoms with Crippen molar-refractivity contribution >= 4 is 29.1 Å². The van der Waals surface area contributed by atoms with Gasteiger partial charge in [0.15, 0.2) is 46.0 Å². The number of carbonyl (C=O) groups excluding carboxylic acids is 3. The van der Waals surface area contributed by atoms with Crippen LogP contribution >= 0.6 is 0 Å². The van der Waals surface area contributed by atoms with Crippen LogP contribution in [0.4, 0.5) is 11.4 Å². The monoisotopic (exact) mass is 908 g/mol. The predicted octanol–water partition coefficient (Wildman–Crippen LogP) is 6.63. The van der Waals surface area contributed by atoms with E-state index in [2.05, 4.69) is 12.2 Å². The number of hydrogen-bond donors (Lipinski definition) is 3. The highest BCUT2D eigenvalue weighted by molar-refractivity contribution is 6.09. The molecule has 66 heavy (non-hydrogen) atoms. The van der Waals surface area contributed by atoms with Crippen LogP contribution in [0.15, 0.2) is 91.0 Å². The zero-order valence-electron chi connectivity index (χ0n) is 38.4. The van der Waals surface area contributed by atoms with E-state index in [4.69, 9.17) is 48.4 Å². The molecule has 350 valence electrons. The van der Waals surface area contributed by atoms with Crippen LogP contribution in [-0.2, 0) is 9.59 Å². The first kappa shape index (κ1) is 47.9. The first-order valence-corrected chi connectivity index (χ1v) is 21.0. The molecule has 2 aliphatic rings. The average Bonchev–Trinajstić information content (AvgIpc) is 3.35. The van der Waals surface area contributed by atoms with E-state index in [0.717, 1.165) is 18.4 Å². The van der Waals surface area contributed by atoms with Gasteiger partial charge in [-0.15, -0.1) is 0 Å². The number of hydrogen-bond acceptors (Lipinski definition) is 14. The summed E-state index contributed by atoms with van der Waals surface area (Å²) < 4.78 is 49.0. The summed E-state index contributed by atoms with van der Waals surface area (Å²) in [7, 11) is 12.1. The van der Waals surface area contributed by atoms with E-state index in [1.54, 1.807) is 78.7 Å². The van der Waals surface area contributed by atoms with Gasteiger partial charge in [0.05, 0.1) is 86.9 Å². The lowest BCUT2D eigenvalue weighted by molar-refractivity contribution is -0.127. The van der Waals surface area contributed by atoms with Crippen molar-refractivity contribution in [3.05, 3.63) is 108 Å². The minimum atomic E-state index is -0.866. The van der Waals surface area contributed by atoms with Crippen LogP contribution in [0.3, 0.4) is 0 Å². The summed E-state index contributed by atoms with van der Waals surface area (Å²) in [6.45, 7) is 2.69. The number of carbonyl (C=O) groups is 3. The number of amides is 3. The first-order valence-electron chi connectivity index (χ1n) is 21.0. The topological polar surface area (TPSA) is 199 Å². The molecular formula is C49H56N4O13. The van der Waals surface area contributed by atoms with E-state index in [9.17, 15) is 19.5 Å². The van der Waals surface area contributed by atoms with Gasteiger partial charge in [-0.2, -0.15) is 0 Å². The third-order valence-electron chi connectivity index (χ3n) is 11.2. The second-order valence-corrected chi connectivity index (χ2v) is 15.0. The summed E-state index contributed by atoms with van der Waals surface area (Å²) in [4.78, 5) is 42.1. The minimum Gasteiger partial charge on any atom is -0.504 e. The molecule has 5 aromatic carbocycles. The summed E-state index contributed by atoms with van der Waals surface area (Å²) in [5.41, 5.74) is 9.20. The summed E-state index contributed by atoms with van der Waals surface area (Å²) in [5.74, 6) is 3.10. The molecule has 2 saturated heterocycles. The van der Waals surface area contributed by atoms with E-state index in [1.807, 2.05) is 18.2 Å². The highest BCUT2D eigenvalue weighted by Gasteiger charge is 2.51. The van der Waals surface area contributed by atoms with Gasteiger partial charge in [0.2, 0.25) is 17.4 Å². The van der Waals surface area contributed by atoms with E-state index >= 15 is 0 Å². The predicted molar refractivity (Wildman–Crippen MR) is 246 cm³/mol. The van der Waals surface area contributed by atoms with Crippen LogP contribution in [0.1, 0.15) is 53.3 Å². The van der Waals surface area contributed by atoms with Crippen molar-refractivity contribution in [3.8, 4) is 57.5 Å². The van der Waals surface area contributed by atoms with Crippen LogP contribution in [0, 0.1) is 0 Å². The van der Waals surface area contributed by atoms with Crippen LogP contribution in [-0.4, -0.2) is 98.4 Å². The Hall–Kier alpha value is -7.53. The number of unbranched alkanes of at least 4 members (excludes halogenated alkanes) is 1. The Morgan fingerprint density at radius 1 is 0.591 bits per heavy atom. The van der Waals surface area contributed by atoms with E-state index in [0.29, 0.717) is 80.9 Å². The molecule has 2 aliphatic heterocycles. The maximum atomic E-state index is 13.4. The van der Waals surface area contributed by atoms with Crippen LogP contribution in [0.2, 0.25) is 0 Å². The molecule has 7 rings (SSSR count). The molecule has 0 aliphatic carbocycles. The van der Waals surface area contributed by atoms with Crippen molar-refractivity contribution in [1.82, 2.24) is 5.32 Å². The molecule has 4 N–H and O–H groups in total. The number of β-lactam (4-membered cyclic amide) rings is 2. The molecule has 4 atom stereocenters. The van der Waals surface area contributed by atoms with Crippen LogP contribution in [0.25, 0.3) is 0 Å². The van der Waals surface area contributed by atoms with Crippen molar-refractivity contribution in [2.45, 2.75) is 43.9 Å². The van der Waals surface area contributed by atoms with Crippen molar-refractivity contribution in [2.75, 3.05) is 73.3 Å². The summed E-state index contributed by atoms with van der Waals surface area (Å²) in [5, 5.41) is 13.2. The Morgan fingerprint density at radius 3 is 1.55 bits per heavy atom. The Morgan fingerprint density at radius 2 is 1.08 bits per heavy atom. The van der Waals surface area contributed by atoms with Crippen molar-refractivity contribution in [3.63, 3.8) is 0 Å². The number of methoxy groups -OCH3 is 8. The Bertz CT molecular complexity index is 2470. The maximum absolute atomic E-state index is 13.4. The van der Waals surface area contributed by atoms with Gasteiger partial charge in [-0.1, -0.05) is 43.7 Å². The number of phenolic OH excluding ortho intramolecular Hbond substituents is 1. The number of nitrogens with zero attached hydrogens (tertiary/aromatic N) is 2. The number of ether oxygens (including phenoxy) is 9. The Balaban J connectivity index is 0.000000220. The fourth-order valence-corrected chi connectivity index (χ4v) is 7.85. The highest BCUT2D eigenvalue weighted by Crippen LogP contribution is 2.49. The molecule has 0 radical (unpaired) electrons. The molecule has 17 heteroatoms. The number of aromatic hydroxyl groups is 1. The SMILES string of the molecule is CCCCOc1cc([C@H]2[C@H](N)C(=O)N2c2cc(OC)c(OC)c(OC)c2)ccc1OC.COc1ccc([C@H]2[C@H](NC(=O)c3ccccc3)C(=O)N2c2cc(OC)c(OC)c(OC)c2)cc1O. The number of nitrogens with two attached hydrogens (primary N) is 1. The lowest BCUT2D eigenvalue weighted by Crippen LogP contribution is -2.66. The normalized spacial score (nSPS) is 17.2. The number of benzene rings is 5. The van der Waals surface area contributed by atoms with Gasteiger partial charge in [-0.3, -0.25) is 14.4 Å². The zero-order valence-corrected chi connectivity index (χ0v) is 38.4. The maximum Gasteiger partial charge on any atom is 0.252 e. The zero-order chi connectivity index (χ0) is 47.7. The molecule has 0 bridgehead atoms. The Kier molecular flexibility index (Phi) is 15.6. The number of nitrogens with one attached hydrogen (secondary N) is 1. The molecule has 0 spiro atoms. The number of phenols is 1. The fraction of sp³-hybridized carbons (Fsp3) is 0.327. The average molecular weight is 909 g/mol. The largest absolute Gasteiger partial charge is 0.504 e. The summed E-state index contributed by atoms with van der Waals surface area (Å²) in [6, 6.07) is 23.4. The van der Waals surface area contributed by atoms with Crippen LogP contribution < -0.4 is 63.5 Å². The second kappa shape index (κ2) is 21.4. The van der Waals surface area contributed by atoms with Crippen LogP contribution in [0.5, 0.6) is 57.5 Å². The van der Waals surface area contributed by atoms with Gasteiger partial charge < -0.3 is 68.6 Å². The number of anilines is 2. The van der Waals surface area contributed by atoms with Gasteiger partial charge in [0.1, 0.15) is 12.1 Å². The molecule has 0 aromatic heterocycles. The second-order valence-electron chi connectivity index (χ2n) is 15.0. The molecule has 2 fully saturated rings. The van der Waals surface area contributed by atoms with E-state index in [1.165, 1.54) is 60.7 Å². The van der Waals surface area contributed by atoms with Crippen molar-refractivity contribution < 1.29 is 62.1 Å². The van der Waals surface area contributed by atoms with E-state index in [-0.39, 0.29) is 29.5 Å². The minimum absolute atomic E-state index is 0.0812. The smallest absolute Gasteiger partial charge is 0.252 e. The van der Waals surface area contributed by atoms with Crippen molar-refractivity contribution in [2.24, 2.45) is 5.73 Å². The quantitative estimate of drug-likeness (QED) is 0.0626. The highest BCUT2D eigenvalue weighted by atomic mass is 16.5. The molecule has 5 aromatic rings. The standard InChI is InChI=1S/C26H26N2O7.C23H30N2O6/c1-32-19-11-10-16(12-18(19)29)23-22(27-25(30)15-8-6-5-7-9-15)26(31)28(23)17-13-20(33-2)24(35-4)21(14-17)34-3;1-6-7-10-31-17-11-14(8-9-16(17)27-2)21-20(24)23(26)25(21)15-12-18(28-3)22(30-5)19(13-15)29-4/h5-14,22-23,29H,1-4H3,(H,27,30);8-9,11-13,20-21H,6-7,10,24H2,1-5H3/t22-,23-;20-,21-/m00/s1. The van der Waals surface area contributed by atoms with Gasteiger partial charge in [0.25, 0.3) is 11.8 Å². The third-order valence-corrected chi connectivity index (χ3v) is 11.2. The summed E-state index contributed by atoms with van der Waals surface area (Å²) >= 11 is 0. The molecule has 3 amide bonds. The molecule has 0 unspecified atom stereocenters. The summed E-state index contributed by atoms with van der Waals surface area (Å²) in [6.07, 6.45) is 1.96. The molecule has 0 saturated carbocycles. The lowest BCUT2D eigenvalue weighted by atomic mass is 9.87. The van der Waals surface area contributed by atoms with Gasteiger partial charge in [-0.25, -0.2) is 0 Å². The van der Waals surface area contributed by atoms with Crippen molar-refractivity contribution in [1.29, 1.82) is 0 Å². The first-order chi connectivity index (χ1) is 31.9. The molecular weight excluding hydrogens is 853 g/mol. The van der Waals surface area contributed by atoms with Gasteiger partial charge in [0, 0.05) is 29.8 Å². The van der Waals surface area contributed by atoms with Gasteiger partial charge >= 0.3 is 0 Å². The third kappa shape index (κ3) is 9.47. The molecule has 17 nitrogen and oxygen atoms in total. The van der Waals surface area contributed by atoms with E-state index < -0.39 is 18.1 Å². The van der Waals surface area contributed by atoms with Gasteiger partial charge in [-0.05, 0) is 53.9 Å². The molecule has 2 heterocycles. The Labute approximate surface area is 383 Å². The number of rotatable bonds is 18. The fourth-order valence-electron chi connectivity index (χ4n) is 7.85.